The van der Waals surface area contributed by atoms with Gasteiger partial charge in [0.1, 0.15) is 0 Å². The van der Waals surface area contributed by atoms with Gasteiger partial charge in [-0.15, -0.1) is 0 Å². The summed E-state index contributed by atoms with van der Waals surface area (Å²) < 4.78 is 16.7. The lowest BCUT2D eigenvalue weighted by atomic mass is 10.2. The van der Waals surface area contributed by atoms with Crippen LogP contribution >= 0.6 is 6.49 Å². The Hall–Kier alpha value is 0.530. The summed E-state index contributed by atoms with van der Waals surface area (Å²) in [6.45, 7) is 4.66. The molecule has 14 heavy (non-hydrogen) atoms. The van der Waals surface area contributed by atoms with Crippen LogP contribution in [-0.2, 0) is 25.6 Å². The van der Waals surface area contributed by atoms with E-state index in [1.165, 1.54) is 0 Å². The van der Waals surface area contributed by atoms with E-state index >= 15 is 0 Å². The molecule has 1 atom stereocenters. The molecule has 1 aliphatic rings. The van der Waals surface area contributed by atoms with Crippen molar-refractivity contribution in [2.75, 3.05) is 26.4 Å². The van der Waals surface area contributed by atoms with Crippen molar-refractivity contribution in [3.63, 3.8) is 0 Å². The van der Waals surface area contributed by atoms with E-state index in [2.05, 4.69) is 0 Å². The Balaban J connectivity index is 2.59. The van der Waals surface area contributed by atoms with Crippen molar-refractivity contribution in [3.8, 4) is 0 Å². The predicted octanol–water partition coefficient (Wildman–Crippen LogP) is 2.55. The van der Waals surface area contributed by atoms with Crippen LogP contribution in [0.4, 0.5) is 0 Å². The summed E-state index contributed by atoms with van der Waals surface area (Å²) in [7, 11) is 0. The smallest absolute Gasteiger partial charge is 0.194 e. The van der Waals surface area contributed by atoms with Gasteiger partial charge >= 0.3 is 0 Å². The lowest BCUT2D eigenvalue weighted by Crippen LogP contribution is -2.24. The summed E-state index contributed by atoms with van der Waals surface area (Å²) in [5.41, 5.74) is 0.297. The molecule has 1 fully saturated rings. The molecule has 84 valence electrons. The predicted molar refractivity (Wildman–Crippen MR) is 61.4 cm³/mol. The van der Waals surface area contributed by atoms with E-state index in [1.807, 2.05) is 13.8 Å². The first-order valence-electron chi connectivity index (χ1n) is 5.19. The maximum absolute atomic E-state index is 5.63. The summed E-state index contributed by atoms with van der Waals surface area (Å²) in [5.74, 6) is 0. The number of ether oxygens (including phenoxy) is 1. The minimum Gasteiger partial charge on any atom is -0.381 e. The third kappa shape index (κ3) is 3.28. The molecular formula is C9H19O3PS. The Kier molecular flexibility index (Phi) is 5.57. The normalized spacial score (nSPS) is 23.7. The molecule has 1 unspecified atom stereocenters. The van der Waals surface area contributed by atoms with Crippen LogP contribution in [0.5, 0.6) is 0 Å². The van der Waals surface area contributed by atoms with Crippen LogP contribution in [0.25, 0.3) is 0 Å². The fourth-order valence-electron chi connectivity index (χ4n) is 1.58. The monoisotopic (exact) mass is 238 g/mol. The van der Waals surface area contributed by atoms with Crippen LogP contribution in [0.2, 0.25) is 0 Å². The van der Waals surface area contributed by atoms with Crippen molar-refractivity contribution in [1.82, 2.24) is 0 Å². The maximum Gasteiger partial charge on any atom is 0.194 e. The van der Waals surface area contributed by atoms with Crippen LogP contribution < -0.4 is 0 Å². The van der Waals surface area contributed by atoms with Gasteiger partial charge in [-0.3, -0.25) is 0 Å². The molecule has 0 amide bonds. The number of hydrogen-bond donors (Lipinski definition) is 0. The molecule has 0 aromatic rings. The Bertz CT molecular complexity index is 194. The highest BCUT2D eigenvalue weighted by Gasteiger charge is 2.32. The highest BCUT2D eigenvalue weighted by Crippen LogP contribution is 2.55. The number of hydrogen-bond acceptors (Lipinski definition) is 4. The van der Waals surface area contributed by atoms with Crippen molar-refractivity contribution < 1.29 is 13.8 Å². The fourth-order valence-corrected chi connectivity index (χ4v) is 4.72. The summed E-state index contributed by atoms with van der Waals surface area (Å²) >= 11 is 5.51. The standard InChI is InChI=1S/C9H19O3PS/c1-3-11-13(14,12-4-2)9-6-5-7-10-8-9/h9H,3-8H2,1-2H3. The van der Waals surface area contributed by atoms with Crippen molar-refractivity contribution >= 4 is 18.3 Å². The first kappa shape index (κ1) is 12.6. The third-order valence-electron chi connectivity index (χ3n) is 2.20. The van der Waals surface area contributed by atoms with Gasteiger partial charge in [-0.25, -0.2) is 0 Å². The molecule has 0 saturated carbocycles. The first-order valence-corrected chi connectivity index (χ1v) is 7.90. The summed E-state index contributed by atoms with van der Waals surface area (Å²) in [6.07, 6.45) is 2.15. The van der Waals surface area contributed by atoms with E-state index < -0.39 is 6.49 Å². The summed E-state index contributed by atoms with van der Waals surface area (Å²) in [6, 6.07) is 0. The van der Waals surface area contributed by atoms with Gasteiger partial charge in [-0.05, 0) is 38.5 Å². The van der Waals surface area contributed by atoms with Gasteiger partial charge < -0.3 is 13.8 Å². The zero-order valence-electron chi connectivity index (χ0n) is 8.90. The van der Waals surface area contributed by atoms with E-state index in [0.717, 1.165) is 19.4 Å². The minimum absolute atomic E-state index is 0.297. The molecule has 0 radical (unpaired) electrons. The van der Waals surface area contributed by atoms with Gasteiger partial charge in [-0.1, -0.05) is 0 Å². The molecule has 1 rings (SSSR count). The largest absolute Gasteiger partial charge is 0.381 e. The second-order valence-electron chi connectivity index (χ2n) is 3.25. The van der Waals surface area contributed by atoms with Crippen LogP contribution in [0, 0.1) is 0 Å². The Labute approximate surface area is 91.3 Å². The third-order valence-corrected chi connectivity index (χ3v) is 6.27. The average molecular weight is 238 g/mol. The Morgan fingerprint density at radius 2 is 2.00 bits per heavy atom. The lowest BCUT2D eigenvalue weighted by Gasteiger charge is -2.32. The summed E-state index contributed by atoms with van der Waals surface area (Å²) in [4.78, 5) is 0. The summed E-state index contributed by atoms with van der Waals surface area (Å²) in [5, 5.41) is 0. The average Bonchev–Trinajstić information content (AvgIpc) is 2.20. The van der Waals surface area contributed by atoms with E-state index in [4.69, 9.17) is 25.6 Å². The second-order valence-corrected chi connectivity index (χ2v) is 7.10. The lowest BCUT2D eigenvalue weighted by molar-refractivity contribution is 0.0915. The van der Waals surface area contributed by atoms with Crippen molar-refractivity contribution in [2.45, 2.75) is 32.3 Å². The highest BCUT2D eigenvalue weighted by atomic mass is 32.5. The van der Waals surface area contributed by atoms with Crippen molar-refractivity contribution in [2.24, 2.45) is 0 Å². The molecule has 5 heteroatoms. The molecule has 0 bridgehead atoms. The Morgan fingerprint density at radius 1 is 1.36 bits per heavy atom. The van der Waals surface area contributed by atoms with E-state index in [9.17, 15) is 0 Å². The zero-order chi connectivity index (χ0) is 10.4. The van der Waals surface area contributed by atoms with Gasteiger partial charge in [0.15, 0.2) is 6.49 Å². The van der Waals surface area contributed by atoms with Crippen molar-refractivity contribution in [3.05, 3.63) is 0 Å². The molecule has 1 saturated heterocycles. The topological polar surface area (TPSA) is 27.7 Å². The zero-order valence-corrected chi connectivity index (χ0v) is 10.6. The molecule has 0 aromatic carbocycles. The van der Waals surface area contributed by atoms with Crippen LogP contribution in [-0.4, -0.2) is 32.1 Å². The molecule has 0 spiro atoms. The molecular weight excluding hydrogens is 219 g/mol. The van der Waals surface area contributed by atoms with E-state index in [1.54, 1.807) is 0 Å². The fraction of sp³-hybridized carbons (Fsp3) is 1.00. The molecule has 1 heterocycles. The Morgan fingerprint density at radius 3 is 2.43 bits per heavy atom. The van der Waals surface area contributed by atoms with Crippen LogP contribution in [0.15, 0.2) is 0 Å². The quantitative estimate of drug-likeness (QED) is 0.688. The van der Waals surface area contributed by atoms with E-state index in [-0.39, 0.29) is 0 Å². The SMILES string of the molecule is CCOP(=S)(OCC)C1CCCOC1. The minimum atomic E-state index is -2.09. The van der Waals surface area contributed by atoms with Gasteiger partial charge in [0.2, 0.25) is 0 Å². The van der Waals surface area contributed by atoms with Crippen LogP contribution in [0.1, 0.15) is 26.7 Å². The van der Waals surface area contributed by atoms with Gasteiger partial charge in [0.25, 0.3) is 0 Å². The highest BCUT2D eigenvalue weighted by molar-refractivity contribution is 8.10. The van der Waals surface area contributed by atoms with Crippen LogP contribution in [0.3, 0.4) is 0 Å². The van der Waals surface area contributed by atoms with Gasteiger partial charge in [-0.2, -0.15) is 0 Å². The molecule has 0 aliphatic carbocycles. The van der Waals surface area contributed by atoms with Crippen molar-refractivity contribution in [1.29, 1.82) is 0 Å². The molecule has 3 nitrogen and oxygen atoms in total. The maximum atomic E-state index is 5.63. The van der Waals surface area contributed by atoms with Gasteiger partial charge in [0.05, 0.1) is 25.5 Å². The van der Waals surface area contributed by atoms with Gasteiger partial charge in [0, 0.05) is 6.61 Å². The molecule has 0 N–H and O–H groups in total. The van der Waals surface area contributed by atoms with E-state index in [0.29, 0.717) is 25.5 Å². The molecule has 1 aliphatic heterocycles. The molecule has 0 aromatic heterocycles. The number of rotatable bonds is 5. The first-order chi connectivity index (χ1) is 6.73. The second kappa shape index (κ2) is 6.19.